The zero-order valence-electron chi connectivity index (χ0n) is 12.9. The normalized spacial score (nSPS) is 19.4. The Labute approximate surface area is 130 Å². The molecular formula is C16H24N2O2S. The van der Waals surface area contributed by atoms with E-state index in [9.17, 15) is 9.59 Å². The van der Waals surface area contributed by atoms with E-state index in [0.29, 0.717) is 12.8 Å². The lowest BCUT2D eigenvalue weighted by Crippen LogP contribution is -2.47. The second-order valence-electron chi connectivity index (χ2n) is 5.63. The largest absolute Gasteiger partial charge is 0.352 e. The summed E-state index contributed by atoms with van der Waals surface area (Å²) in [7, 11) is 0. The number of likely N-dealkylation sites (tertiary alicyclic amines) is 1. The van der Waals surface area contributed by atoms with Gasteiger partial charge < -0.3 is 10.2 Å². The molecule has 1 aliphatic rings. The minimum atomic E-state index is -0.000388. The van der Waals surface area contributed by atoms with Crippen LogP contribution in [-0.4, -0.2) is 42.3 Å². The molecule has 1 N–H and O–H groups in total. The van der Waals surface area contributed by atoms with Crippen LogP contribution in [0.1, 0.15) is 47.2 Å². The number of amides is 1. The Morgan fingerprint density at radius 2 is 2.19 bits per heavy atom. The van der Waals surface area contributed by atoms with Crippen molar-refractivity contribution in [3.05, 3.63) is 21.9 Å². The Morgan fingerprint density at radius 3 is 2.86 bits per heavy atom. The molecule has 5 heteroatoms. The third-order valence-corrected chi connectivity index (χ3v) is 4.95. The van der Waals surface area contributed by atoms with Crippen LogP contribution in [0.3, 0.4) is 0 Å². The van der Waals surface area contributed by atoms with Crippen LogP contribution < -0.4 is 5.32 Å². The number of hydrogen-bond acceptors (Lipinski definition) is 4. The van der Waals surface area contributed by atoms with Crippen molar-refractivity contribution in [2.75, 3.05) is 19.6 Å². The van der Waals surface area contributed by atoms with Gasteiger partial charge in [0.25, 0.3) is 0 Å². The summed E-state index contributed by atoms with van der Waals surface area (Å²) < 4.78 is 0. The first-order valence-electron chi connectivity index (χ1n) is 7.70. The molecule has 2 heterocycles. The van der Waals surface area contributed by atoms with Crippen LogP contribution in [0.4, 0.5) is 0 Å². The summed E-state index contributed by atoms with van der Waals surface area (Å²) in [5.41, 5.74) is 0. The number of likely N-dealkylation sites (N-methyl/N-ethyl adjacent to an activating group) is 1. The Morgan fingerprint density at radius 1 is 1.38 bits per heavy atom. The molecule has 0 spiro atoms. The Hall–Kier alpha value is -1.20. The molecule has 1 amide bonds. The number of rotatable bonds is 6. The molecule has 1 aromatic heterocycles. The van der Waals surface area contributed by atoms with Gasteiger partial charge in [-0.1, -0.05) is 6.92 Å². The number of Topliss-reactive ketones (excluding diaryl/α,β-unsaturated/α-hetero) is 1. The van der Waals surface area contributed by atoms with Crippen LogP contribution in [-0.2, 0) is 4.79 Å². The predicted molar refractivity (Wildman–Crippen MR) is 85.9 cm³/mol. The van der Waals surface area contributed by atoms with E-state index >= 15 is 0 Å². The molecule has 0 aromatic carbocycles. The highest BCUT2D eigenvalue weighted by molar-refractivity contribution is 7.14. The van der Waals surface area contributed by atoms with Crippen molar-refractivity contribution < 1.29 is 9.59 Å². The van der Waals surface area contributed by atoms with E-state index in [0.717, 1.165) is 42.2 Å². The monoisotopic (exact) mass is 308 g/mol. The van der Waals surface area contributed by atoms with Crippen molar-refractivity contribution in [2.24, 2.45) is 0 Å². The molecule has 1 aromatic rings. The maximum absolute atomic E-state index is 12.0. The summed E-state index contributed by atoms with van der Waals surface area (Å²) in [6.07, 6.45) is 2.76. The second-order valence-corrected chi connectivity index (χ2v) is 6.92. The lowest BCUT2D eigenvalue weighted by molar-refractivity contribution is -0.122. The summed E-state index contributed by atoms with van der Waals surface area (Å²) in [5.74, 6) is 0.0710. The molecular weight excluding hydrogens is 284 g/mol. The lowest BCUT2D eigenvalue weighted by atomic mass is 10.1. The van der Waals surface area contributed by atoms with Gasteiger partial charge in [0.1, 0.15) is 0 Å². The van der Waals surface area contributed by atoms with Gasteiger partial charge in [-0.3, -0.25) is 9.59 Å². The van der Waals surface area contributed by atoms with Gasteiger partial charge in [0.15, 0.2) is 5.78 Å². The highest BCUT2D eigenvalue weighted by atomic mass is 32.1. The van der Waals surface area contributed by atoms with Crippen molar-refractivity contribution in [3.8, 4) is 0 Å². The number of piperidine rings is 1. The number of carbonyl (C=O) groups is 2. The van der Waals surface area contributed by atoms with E-state index in [2.05, 4.69) is 17.1 Å². The van der Waals surface area contributed by atoms with Crippen LogP contribution >= 0.6 is 11.3 Å². The Balaban J connectivity index is 1.73. The number of aryl methyl sites for hydroxylation is 1. The molecule has 1 saturated heterocycles. The second kappa shape index (κ2) is 7.71. The van der Waals surface area contributed by atoms with Crippen molar-refractivity contribution in [2.45, 2.75) is 45.6 Å². The fraction of sp³-hybridized carbons (Fsp3) is 0.625. The molecule has 21 heavy (non-hydrogen) atoms. The van der Waals surface area contributed by atoms with Gasteiger partial charge in [-0.05, 0) is 45.0 Å². The molecule has 1 fully saturated rings. The molecule has 0 aliphatic carbocycles. The fourth-order valence-electron chi connectivity index (χ4n) is 2.70. The average molecular weight is 308 g/mol. The first kappa shape index (κ1) is 16.2. The van der Waals surface area contributed by atoms with Gasteiger partial charge in [-0.2, -0.15) is 0 Å². The van der Waals surface area contributed by atoms with Gasteiger partial charge in [0.05, 0.1) is 4.88 Å². The van der Waals surface area contributed by atoms with Gasteiger partial charge in [-0.25, -0.2) is 0 Å². The van der Waals surface area contributed by atoms with Crippen molar-refractivity contribution in [1.29, 1.82) is 0 Å². The quantitative estimate of drug-likeness (QED) is 0.822. The van der Waals surface area contributed by atoms with Gasteiger partial charge in [0, 0.05) is 30.3 Å². The van der Waals surface area contributed by atoms with Crippen LogP contribution in [0.2, 0.25) is 0 Å². The van der Waals surface area contributed by atoms with Crippen LogP contribution in [0.25, 0.3) is 0 Å². The molecule has 0 saturated carbocycles. The highest BCUT2D eigenvalue weighted by Gasteiger charge is 2.20. The predicted octanol–water partition coefficient (Wildman–Crippen LogP) is 2.62. The number of nitrogens with zero attached hydrogens (tertiary/aromatic N) is 1. The first-order valence-corrected chi connectivity index (χ1v) is 8.51. The highest BCUT2D eigenvalue weighted by Crippen LogP contribution is 2.17. The third-order valence-electron chi connectivity index (χ3n) is 3.91. The Bertz CT molecular complexity index is 498. The Kier molecular flexibility index (Phi) is 5.94. The standard InChI is InChI=1S/C16H24N2O2S/c1-3-18-10-4-5-13(11-18)17-16(20)9-7-14(19)15-8-6-12(2)21-15/h6,8,13H,3-5,7,9-11H2,1-2H3,(H,17,20). The number of carbonyl (C=O) groups excluding carboxylic acids is 2. The molecule has 2 rings (SSSR count). The van der Waals surface area contributed by atoms with E-state index in [1.165, 1.54) is 11.3 Å². The zero-order chi connectivity index (χ0) is 15.2. The summed E-state index contributed by atoms with van der Waals surface area (Å²) >= 11 is 1.50. The molecule has 1 aliphatic heterocycles. The molecule has 4 nitrogen and oxygen atoms in total. The van der Waals surface area contributed by atoms with E-state index in [1.54, 1.807) is 0 Å². The van der Waals surface area contributed by atoms with Gasteiger partial charge in [-0.15, -0.1) is 11.3 Å². The zero-order valence-corrected chi connectivity index (χ0v) is 13.7. The summed E-state index contributed by atoms with van der Waals surface area (Å²) in [4.78, 5) is 28.2. The molecule has 0 bridgehead atoms. The summed E-state index contributed by atoms with van der Waals surface area (Å²) in [5, 5.41) is 3.07. The molecule has 1 atom stereocenters. The first-order chi connectivity index (χ1) is 10.1. The van der Waals surface area contributed by atoms with E-state index in [4.69, 9.17) is 0 Å². The molecule has 1 unspecified atom stereocenters. The van der Waals surface area contributed by atoms with Gasteiger partial charge >= 0.3 is 0 Å². The van der Waals surface area contributed by atoms with Gasteiger partial charge in [0.2, 0.25) is 5.91 Å². The minimum Gasteiger partial charge on any atom is -0.352 e. The number of thiophene rings is 1. The lowest BCUT2D eigenvalue weighted by Gasteiger charge is -2.32. The third kappa shape index (κ3) is 4.93. The number of ketones is 1. The molecule has 0 radical (unpaired) electrons. The van der Waals surface area contributed by atoms with E-state index in [1.807, 2.05) is 19.1 Å². The van der Waals surface area contributed by atoms with Crippen molar-refractivity contribution in [3.63, 3.8) is 0 Å². The van der Waals surface area contributed by atoms with E-state index < -0.39 is 0 Å². The minimum absolute atomic E-state index is 0.000388. The van der Waals surface area contributed by atoms with Crippen LogP contribution in [0.5, 0.6) is 0 Å². The molecule has 116 valence electrons. The topological polar surface area (TPSA) is 49.4 Å². The summed E-state index contributed by atoms with van der Waals surface area (Å²) in [6.45, 7) is 7.21. The summed E-state index contributed by atoms with van der Waals surface area (Å²) in [6, 6.07) is 4.03. The number of hydrogen-bond donors (Lipinski definition) is 1. The van der Waals surface area contributed by atoms with Crippen LogP contribution in [0, 0.1) is 6.92 Å². The smallest absolute Gasteiger partial charge is 0.220 e. The van der Waals surface area contributed by atoms with Crippen molar-refractivity contribution in [1.82, 2.24) is 10.2 Å². The maximum Gasteiger partial charge on any atom is 0.220 e. The van der Waals surface area contributed by atoms with E-state index in [-0.39, 0.29) is 17.7 Å². The van der Waals surface area contributed by atoms with Crippen molar-refractivity contribution >= 4 is 23.0 Å². The fourth-order valence-corrected chi connectivity index (χ4v) is 3.53. The maximum atomic E-state index is 12.0. The average Bonchev–Trinajstić information content (AvgIpc) is 2.91. The number of nitrogens with one attached hydrogen (secondary N) is 1. The van der Waals surface area contributed by atoms with Crippen LogP contribution in [0.15, 0.2) is 12.1 Å². The SMILES string of the molecule is CCN1CCCC(NC(=O)CCC(=O)c2ccc(C)s2)C1.